The van der Waals surface area contributed by atoms with Crippen molar-refractivity contribution >= 4 is 10.1 Å². The van der Waals surface area contributed by atoms with Gasteiger partial charge in [0.05, 0.1) is 11.0 Å². The van der Waals surface area contributed by atoms with Gasteiger partial charge < -0.3 is 0 Å². The molecular weight excluding hydrogens is 200 g/mol. The van der Waals surface area contributed by atoms with Crippen LogP contribution in [0.4, 0.5) is 0 Å². The minimum absolute atomic E-state index is 0.161. The van der Waals surface area contributed by atoms with E-state index in [0.29, 0.717) is 0 Å². The molecular formula is C10H12O3S. The minimum atomic E-state index is -3.64. The van der Waals surface area contributed by atoms with Gasteiger partial charge in [0.2, 0.25) is 0 Å². The molecule has 1 aromatic carbocycles. The van der Waals surface area contributed by atoms with Gasteiger partial charge in [-0.05, 0) is 19.1 Å². The lowest BCUT2D eigenvalue weighted by atomic mass is 10.4. The minimum Gasteiger partial charge on any atom is -0.259 e. The fourth-order valence-corrected chi connectivity index (χ4v) is 1.96. The lowest BCUT2D eigenvalue weighted by Gasteiger charge is -2.08. The normalized spacial score (nSPS) is 13.5. The van der Waals surface area contributed by atoms with E-state index < -0.39 is 16.2 Å². The van der Waals surface area contributed by atoms with Crippen molar-refractivity contribution in [3.8, 4) is 0 Å². The fraction of sp³-hybridized carbons (Fsp3) is 0.200. The van der Waals surface area contributed by atoms with E-state index >= 15 is 0 Å². The van der Waals surface area contributed by atoms with E-state index in [1.165, 1.54) is 18.2 Å². The van der Waals surface area contributed by atoms with Gasteiger partial charge in [-0.2, -0.15) is 8.42 Å². The second-order valence-electron chi connectivity index (χ2n) is 2.80. The van der Waals surface area contributed by atoms with Crippen LogP contribution in [0.3, 0.4) is 0 Å². The van der Waals surface area contributed by atoms with E-state index in [2.05, 4.69) is 6.58 Å². The van der Waals surface area contributed by atoms with Gasteiger partial charge >= 0.3 is 0 Å². The highest BCUT2D eigenvalue weighted by Gasteiger charge is 2.16. The maximum atomic E-state index is 11.5. The molecule has 76 valence electrons. The van der Waals surface area contributed by atoms with E-state index in [1.54, 1.807) is 25.1 Å². The molecule has 0 aromatic heterocycles. The summed E-state index contributed by atoms with van der Waals surface area (Å²) in [4.78, 5) is 0.161. The Labute approximate surface area is 84.1 Å². The van der Waals surface area contributed by atoms with Crippen molar-refractivity contribution in [2.45, 2.75) is 17.9 Å². The predicted octanol–water partition coefficient (Wildman–Crippen LogP) is 1.97. The fourth-order valence-electron chi connectivity index (χ4n) is 0.882. The number of benzene rings is 1. The average molecular weight is 212 g/mol. The van der Waals surface area contributed by atoms with Gasteiger partial charge in [0.25, 0.3) is 10.1 Å². The lowest BCUT2D eigenvalue weighted by molar-refractivity contribution is 0.275. The highest BCUT2D eigenvalue weighted by Crippen LogP contribution is 2.13. The highest BCUT2D eigenvalue weighted by atomic mass is 32.2. The molecule has 0 amide bonds. The first-order valence-corrected chi connectivity index (χ1v) is 5.58. The molecule has 1 atom stereocenters. The van der Waals surface area contributed by atoms with Crippen LogP contribution in [-0.2, 0) is 14.3 Å². The number of rotatable bonds is 4. The molecule has 0 spiro atoms. The molecule has 0 heterocycles. The Hall–Kier alpha value is -1.13. The van der Waals surface area contributed by atoms with Crippen molar-refractivity contribution in [3.63, 3.8) is 0 Å². The number of hydrogen-bond acceptors (Lipinski definition) is 3. The van der Waals surface area contributed by atoms with E-state index in [9.17, 15) is 8.42 Å². The van der Waals surface area contributed by atoms with E-state index in [-0.39, 0.29) is 4.90 Å². The van der Waals surface area contributed by atoms with Crippen LogP contribution in [0.5, 0.6) is 0 Å². The van der Waals surface area contributed by atoms with Crippen LogP contribution < -0.4 is 0 Å². The van der Waals surface area contributed by atoms with Crippen molar-refractivity contribution in [1.82, 2.24) is 0 Å². The van der Waals surface area contributed by atoms with Gasteiger partial charge in [0.15, 0.2) is 0 Å². The molecule has 1 aromatic rings. The Morgan fingerprint density at radius 1 is 1.36 bits per heavy atom. The second kappa shape index (κ2) is 4.39. The lowest BCUT2D eigenvalue weighted by Crippen LogP contribution is -2.13. The first kappa shape index (κ1) is 10.9. The molecule has 0 aliphatic heterocycles. The molecule has 0 radical (unpaired) electrons. The van der Waals surface area contributed by atoms with Crippen LogP contribution in [-0.4, -0.2) is 14.5 Å². The van der Waals surface area contributed by atoms with E-state index in [1.807, 2.05) is 0 Å². The summed E-state index contributed by atoms with van der Waals surface area (Å²) in [6.07, 6.45) is 0.917. The molecule has 0 N–H and O–H groups in total. The summed E-state index contributed by atoms with van der Waals surface area (Å²) in [6.45, 7) is 5.07. The van der Waals surface area contributed by atoms with Crippen molar-refractivity contribution in [2.24, 2.45) is 0 Å². The summed E-state index contributed by atoms with van der Waals surface area (Å²) in [5.74, 6) is 0. The topological polar surface area (TPSA) is 43.4 Å². The van der Waals surface area contributed by atoms with Crippen LogP contribution in [0.1, 0.15) is 6.92 Å². The summed E-state index contributed by atoms with van der Waals surface area (Å²) >= 11 is 0. The largest absolute Gasteiger partial charge is 0.297 e. The molecule has 1 unspecified atom stereocenters. The van der Waals surface area contributed by atoms with E-state index in [4.69, 9.17) is 4.18 Å². The third-order valence-corrected chi connectivity index (χ3v) is 3.05. The zero-order chi connectivity index (χ0) is 10.6. The molecule has 0 saturated carbocycles. The van der Waals surface area contributed by atoms with Crippen LogP contribution in [0, 0.1) is 0 Å². The molecule has 0 bridgehead atoms. The summed E-state index contributed by atoms with van der Waals surface area (Å²) in [5.41, 5.74) is 0. The summed E-state index contributed by atoms with van der Waals surface area (Å²) in [5, 5.41) is 0. The Morgan fingerprint density at radius 3 is 2.43 bits per heavy atom. The van der Waals surface area contributed by atoms with Gasteiger partial charge in [-0.1, -0.05) is 24.3 Å². The van der Waals surface area contributed by atoms with Gasteiger partial charge in [-0.25, -0.2) is 0 Å². The van der Waals surface area contributed by atoms with Gasteiger partial charge in [-0.3, -0.25) is 4.18 Å². The number of hydrogen-bond donors (Lipinski definition) is 0. The Kier molecular flexibility index (Phi) is 3.43. The third-order valence-electron chi connectivity index (χ3n) is 1.64. The molecule has 4 heteroatoms. The summed E-state index contributed by atoms with van der Waals surface area (Å²) < 4.78 is 27.9. The van der Waals surface area contributed by atoms with Gasteiger partial charge in [-0.15, -0.1) is 6.58 Å². The molecule has 3 nitrogen and oxygen atoms in total. The second-order valence-corrected chi connectivity index (χ2v) is 4.38. The van der Waals surface area contributed by atoms with Gasteiger partial charge in [0.1, 0.15) is 0 Å². The Morgan fingerprint density at radius 2 is 1.93 bits per heavy atom. The predicted molar refractivity (Wildman–Crippen MR) is 54.4 cm³/mol. The highest BCUT2D eigenvalue weighted by molar-refractivity contribution is 7.86. The average Bonchev–Trinajstić information content (AvgIpc) is 2.18. The van der Waals surface area contributed by atoms with Gasteiger partial charge in [0, 0.05) is 0 Å². The van der Waals surface area contributed by atoms with Crippen molar-refractivity contribution in [1.29, 1.82) is 0 Å². The Bertz CT molecular complexity index is 395. The third kappa shape index (κ3) is 2.68. The van der Waals surface area contributed by atoms with Crippen molar-refractivity contribution < 1.29 is 12.6 Å². The first-order valence-electron chi connectivity index (χ1n) is 4.17. The van der Waals surface area contributed by atoms with Crippen molar-refractivity contribution in [3.05, 3.63) is 43.0 Å². The molecule has 14 heavy (non-hydrogen) atoms. The van der Waals surface area contributed by atoms with E-state index in [0.717, 1.165) is 0 Å². The zero-order valence-electron chi connectivity index (χ0n) is 7.88. The summed E-state index contributed by atoms with van der Waals surface area (Å²) in [7, 11) is -3.64. The molecule has 0 saturated heterocycles. The maximum absolute atomic E-state index is 11.5. The summed E-state index contributed by atoms with van der Waals surface area (Å²) in [6, 6.07) is 8.02. The SMILES string of the molecule is C=CC(C)OS(=O)(=O)c1ccccc1. The smallest absolute Gasteiger partial charge is 0.259 e. The molecule has 0 fully saturated rings. The first-order chi connectivity index (χ1) is 6.56. The monoisotopic (exact) mass is 212 g/mol. The standard InChI is InChI=1S/C10H12O3S/c1-3-9(2)13-14(11,12)10-7-5-4-6-8-10/h3-9H,1H2,2H3. The Balaban J connectivity index is 2.92. The van der Waals surface area contributed by atoms with Crippen LogP contribution in [0.25, 0.3) is 0 Å². The van der Waals surface area contributed by atoms with Crippen LogP contribution in [0.15, 0.2) is 47.9 Å². The maximum Gasteiger partial charge on any atom is 0.297 e. The van der Waals surface area contributed by atoms with Crippen molar-refractivity contribution in [2.75, 3.05) is 0 Å². The quantitative estimate of drug-likeness (QED) is 0.566. The van der Waals surface area contributed by atoms with Crippen LogP contribution in [0.2, 0.25) is 0 Å². The molecule has 0 aliphatic carbocycles. The van der Waals surface area contributed by atoms with Crippen LogP contribution >= 0.6 is 0 Å². The molecule has 1 rings (SSSR count). The zero-order valence-corrected chi connectivity index (χ0v) is 8.70. The molecule has 0 aliphatic rings.